The standard InChI is InChI=1S/C19H26N4O6/c1-14(29-23(26)27)13-21-19(25)17-12-18(15-6-2-3-7-16(15)22-17)28-11-5-9-20-8-4-10-24/h2-3,6-7,12,14,20,24H,4-5,8-11,13H2,1H3,(H,21,25). The van der Waals surface area contributed by atoms with E-state index in [1.54, 1.807) is 12.1 Å². The Morgan fingerprint density at radius 3 is 2.83 bits per heavy atom. The molecule has 1 unspecified atom stereocenters. The number of amides is 1. The molecule has 29 heavy (non-hydrogen) atoms. The SMILES string of the molecule is CC(CNC(=O)c1cc(OCCCNCCCO)c2ccccc2n1)O[N+](=O)[O-]. The number of benzene rings is 1. The molecule has 0 radical (unpaired) electrons. The molecule has 0 saturated carbocycles. The number of rotatable bonds is 13. The molecular weight excluding hydrogens is 380 g/mol. The highest BCUT2D eigenvalue weighted by molar-refractivity contribution is 5.97. The normalized spacial score (nSPS) is 11.8. The molecule has 158 valence electrons. The highest BCUT2D eigenvalue weighted by atomic mass is 17.0. The van der Waals surface area contributed by atoms with Gasteiger partial charge in [0.25, 0.3) is 11.0 Å². The van der Waals surface area contributed by atoms with Gasteiger partial charge in [0.15, 0.2) is 0 Å². The highest BCUT2D eigenvalue weighted by Gasteiger charge is 2.15. The summed E-state index contributed by atoms with van der Waals surface area (Å²) in [6, 6.07) is 8.90. The molecular formula is C19H26N4O6. The number of aromatic nitrogens is 1. The molecule has 0 saturated heterocycles. The van der Waals surface area contributed by atoms with Crippen molar-refractivity contribution in [2.75, 3.05) is 32.8 Å². The summed E-state index contributed by atoms with van der Waals surface area (Å²) < 4.78 is 5.87. The van der Waals surface area contributed by atoms with Gasteiger partial charge in [-0.2, -0.15) is 0 Å². The largest absolute Gasteiger partial charge is 0.493 e. The summed E-state index contributed by atoms with van der Waals surface area (Å²) in [5, 5.41) is 24.8. The Morgan fingerprint density at radius 1 is 1.31 bits per heavy atom. The number of ether oxygens (including phenoxy) is 1. The van der Waals surface area contributed by atoms with Crippen LogP contribution in [0.3, 0.4) is 0 Å². The van der Waals surface area contributed by atoms with E-state index in [0.717, 1.165) is 24.9 Å². The van der Waals surface area contributed by atoms with E-state index in [1.807, 2.05) is 18.2 Å². The van der Waals surface area contributed by atoms with Crippen LogP contribution in [-0.4, -0.2) is 60.0 Å². The minimum atomic E-state index is -0.893. The fourth-order valence-corrected chi connectivity index (χ4v) is 2.60. The molecule has 0 aliphatic heterocycles. The summed E-state index contributed by atoms with van der Waals surface area (Å²) in [4.78, 5) is 31.5. The second-order valence-corrected chi connectivity index (χ2v) is 6.40. The number of nitrogens with one attached hydrogen (secondary N) is 2. The van der Waals surface area contributed by atoms with E-state index < -0.39 is 17.1 Å². The number of para-hydroxylation sites is 1. The van der Waals surface area contributed by atoms with Gasteiger partial charge >= 0.3 is 0 Å². The number of pyridine rings is 1. The van der Waals surface area contributed by atoms with Crippen molar-refractivity contribution in [1.82, 2.24) is 15.6 Å². The van der Waals surface area contributed by atoms with Crippen molar-refractivity contribution < 1.29 is 24.6 Å². The number of aliphatic hydroxyl groups excluding tert-OH is 1. The molecule has 2 aromatic rings. The zero-order valence-electron chi connectivity index (χ0n) is 16.3. The van der Waals surface area contributed by atoms with E-state index in [1.165, 1.54) is 6.92 Å². The Balaban J connectivity index is 2.00. The van der Waals surface area contributed by atoms with Crippen LogP contribution in [0.2, 0.25) is 0 Å². The van der Waals surface area contributed by atoms with Crippen molar-refractivity contribution in [3.8, 4) is 5.75 Å². The first-order valence-electron chi connectivity index (χ1n) is 9.44. The number of carbonyl (C=O) groups excluding carboxylic acids is 1. The number of nitrogens with zero attached hydrogens (tertiary/aromatic N) is 2. The number of carbonyl (C=O) groups is 1. The van der Waals surface area contributed by atoms with E-state index in [2.05, 4.69) is 20.5 Å². The van der Waals surface area contributed by atoms with Crippen LogP contribution in [0, 0.1) is 10.1 Å². The first-order chi connectivity index (χ1) is 14.0. The lowest BCUT2D eigenvalue weighted by Gasteiger charge is -2.13. The Bertz CT molecular complexity index is 816. The molecule has 0 fully saturated rings. The molecule has 1 aromatic heterocycles. The van der Waals surface area contributed by atoms with Crippen LogP contribution in [0.4, 0.5) is 0 Å². The molecule has 0 aliphatic rings. The van der Waals surface area contributed by atoms with Gasteiger partial charge in [0, 0.05) is 24.6 Å². The zero-order chi connectivity index (χ0) is 21.1. The molecule has 10 nitrogen and oxygen atoms in total. The number of hydrogen-bond donors (Lipinski definition) is 3. The third-order valence-electron chi connectivity index (χ3n) is 3.99. The van der Waals surface area contributed by atoms with Crippen LogP contribution in [0.15, 0.2) is 30.3 Å². The van der Waals surface area contributed by atoms with E-state index in [0.29, 0.717) is 24.3 Å². The van der Waals surface area contributed by atoms with Crippen LogP contribution in [-0.2, 0) is 4.84 Å². The van der Waals surface area contributed by atoms with Crippen molar-refractivity contribution >= 4 is 16.8 Å². The maximum Gasteiger partial charge on any atom is 0.294 e. The Morgan fingerprint density at radius 2 is 2.07 bits per heavy atom. The third kappa shape index (κ3) is 7.51. The van der Waals surface area contributed by atoms with E-state index in [9.17, 15) is 14.9 Å². The van der Waals surface area contributed by atoms with Gasteiger partial charge in [0.1, 0.15) is 17.5 Å². The van der Waals surface area contributed by atoms with Crippen molar-refractivity contribution in [3.05, 3.63) is 46.1 Å². The predicted octanol–water partition coefficient (Wildman–Crippen LogP) is 1.30. The van der Waals surface area contributed by atoms with Gasteiger partial charge in [0.05, 0.1) is 12.1 Å². The summed E-state index contributed by atoms with van der Waals surface area (Å²) in [7, 11) is 0. The topological polar surface area (TPSA) is 136 Å². The first-order valence-corrected chi connectivity index (χ1v) is 9.44. The lowest BCUT2D eigenvalue weighted by Crippen LogP contribution is -2.33. The van der Waals surface area contributed by atoms with Crippen LogP contribution < -0.4 is 15.4 Å². The molecule has 0 spiro atoms. The summed E-state index contributed by atoms with van der Waals surface area (Å²) in [5.74, 6) is 0.0794. The molecule has 3 N–H and O–H groups in total. The average molecular weight is 406 g/mol. The van der Waals surface area contributed by atoms with Crippen molar-refractivity contribution in [3.63, 3.8) is 0 Å². The van der Waals surface area contributed by atoms with Gasteiger partial charge in [-0.05, 0) is 45.0 Å². The van der Waals surface area contributed by atoms with Gasteiger partial charge < -0.3 is 25.3 Å². The van der Waals surface area contributed by atoms with Gasteiger partial charge in [-0.1, -0.05) is 12.1 Å². The highest BCUT2D eigenvalue weighted by Crippen LogP contribution is 2.25. The van der Waals surface area contributed by atoms with E-state index >= 15 is 0 Å². The quantitative estimate of drug-likeness (QED) is 0.257. The molecule has 1 amide bonds. The predicted molar refractivity (Wildman–Crippen MR) is 106 cm³/mol. The summed E-state index contributed by atoms with van der Waals surface area (Å²) in [6.07, 6.45) is 0.697. The van der Waals surface area contributed by atoms with E-state index in [4.69, 9.17) is 9.84 Å². The summed E-state index contributed by atoms with van der Waals surface area (Å²) in [6.45, 7) is 3.58. The minimum Gasteiger partial charge on any atom is -0.493 e. The monoisotopic (exact) mass is 406 g/mol. The average Bonchev–Trinajstić information content (AvgIpc) is 2.70. The maximum atomic E-state index is 12.4. The first kappa shape index (κ1) is 22.3. The second-order valence-electron chi connectivity index (χ2n) is 6.40. The van der Waals surface area contributed by atoms with E-state index in [-0.39, 0.29) is 18.8 Å². The molecule has 2 rings (SSSR count). The van der Waals surface area contributed by atoms with Crippen LogP contribution >= 0.6 is 0 Å². The summed E-state index contributed by atoms with van der Waals surface area (Å²) >= 11 is 0. The lowest BCUT2D eigenvalue weighted by atomic mass is 10.1. The fraction of sp³-hybridized carbons (Fsp3) is 0.474. The smallest absolute Gasteiger partial charge is 0.294 e. The second kappa shape index (κ2) is 11.8. The fourth-order valence-electron chi connectivity index (χ4n) is 2.60. The van der Waals surface area contributed by atoms with Crippen molar-refractivity contribution in [1.29, 1.82) is 0 Å². The van der Waals surface area contributed by atoms with Gasteiger partial charge in [-0.3, -0.25) is 4.79 Å². The number of fused-ring (bicyclic) bond motifs is 1. The molecule has 1 heterocycles. The van der Waals surface area contributed by atoms with Gasteiger partial charge in [-0.25, -0.2) is 4.98 Å². The van der Waals surface area contributed by atoms with Crippen LogP contribution in [0.1, 0.15) is 30.3 Å². The van der Waals surface area contributed by atoms with Crippen LogP contribution in [0.25, 0.3) is 10.9 Å². The number of aliphatic hydroxyl groups is 1. The zero-order valence-corrected chi connectivity index (χ0v) is 16.3. The van der Waals surface area contributed by atoms with Gasteiger partial charge in [0.2, 0.25) is 0 Å². The van der Waals surface area contributed by atoms with Crippen molar-refractivity contribution in [2.45, 2.75) is 25.9 Å². The Labute approximate surface area is 168 Å². The Hall–Kier alpha value is -2.98. The molecule has 1 aromatic carbocycles. The molecule has 10 heteroatoms. The lowest BCUT2D eigenvalue weighted by molar-refractivity contribution is -0.767. The van der Waals surface area contributed by atoms with Crippen molar-refractivity contribution in [2.24, 2.45) is 0 Å². The Kier molecular flexibility index (Phi) is 9.06. The van der Waals surface area contributed by atoms with Gasteiger partial charge in [-0.15, -0.1) is 10.1 Å². The number of hydrogen-bond acceptors (Lipinski definition) is 8. The minimum absolute atomic E-state index is 0.0238. The maximum absolute atomic E-state index is 12.4. The molecule has 0 bridgehead atoms. The van der Waals surface area contributed by atoms with Crippen LogP contribution in [0.5, 0.6) is 5.75 Å². The molecule has 0 aliphatic carbocycles. The summed E-state index contributed by atoms with van der Waals surface area (Å²) in [5.41, 5.74) is 0.777. The third-order valence-corrected chi connectivity index (χ3v) is 3.99. The molecule has 1 atom stereocenters.